The minimum absolute atomic E-state index is 0.172. The van der Waals surface area contributed by atoms with Crippen molar-refractivity contribution in [3.63, 3.8) is 0 Å². The second-order valence-corrected chi connectivity index (χ2v) is 10.5. The molecule has 11 nitrogen and oxygen atoms in total. The highest BCUT2D eigenvalue weighted by atomic mass is 16.6. The van der Waals surface area contributed by atoms with Gasteiger partial charge in [0.2, 0.25) is 17.8 Å². The van der Waals surface area contributed by atoms with E-state index in [4.69, 9.17) is 24.2 Å². The summed E-state index contributed by atoms with van der Waals surface area (Å²) in [6.07, 6.45) is 2.82. The van der Waals surface area contributed by atoms with Gasteiger partial charge in [-0.3, -0.25) is 0 Å². The van der Waals surface area contributed by atoms with Crippen LogP contribution in [-0.4, -0.2) is 72.6 Å². The average Bonchev–Trinajstić information content (AvgIpc) is 3.57. The Balaban J connectivity index is 1.39. The quantitative estimate of drug-likeness (QED) is 0.435. The van der Waals surface area contributed by atoms with Gasteiger partial charge in [0, 0.05) is 39.3 Å². The van der Waals surface area contributed by atoms with Gasteiger partial charge in [-0.1, -0.05) is 12.1 Å². The van der Waals surface area contributed by atoms with Crippen LogP contribution in [0.3, 0.4) is 0 Å². The second kappa shape index (κ2) is 12.3. The Hall–Kier alpha value is -3.34. The number of hydrogen-bond donors (Lipinski definition) is 3. The van der Waals surface area contributed by atoms with Crippen molar-refractivity contribution in [3.8, 4) is 5.75 Å². The lowest BCUT2D eigenvalue weighted by atomic mass is 10.1. The van der Waals surface area contributed by atoms with Crippen LogP contribution >= 0.6 is 0 Å². The zero-order valence-electron chi connectivity index (χ0n) is 22.2. The van der Waals surface area contributed by atoms with Crippen molar-refractivity contribution in [1.29, 1.82) is 0 Å². The number of anilines is 3. The van der Waals surface area contributed by atoms with Crippen LogP contribution in [0.5, 0.6) is 5.75 Å². The summed E-state index contributed by atoms with van der Waals surface area (Å²) in [5.74, 6) is 2.74. The maximum atomic E-state index is 12.0. The van der Waals surface area contributed by atoms with E-state index >= 15 is 0 Å². The van der Waals surface area contributed by atoms with Crippen molar-refractivity contribution in [1.82, 2.24) is 20.3 Å². The summed E-state index contributed by atoms with van der Waals surface area (Å²) in [5.41, 5.74) is 0.574. The van der Waals surface area contributed by atoms with E-state index in [-0.39, 0.29) is 12.0 Å². The highest BCUT2D eigenvalue weighted by Crippen LogP contribution is 2.23. The highest BCUT2D eigenvalue weighted by Gasteiger charge is 2.27. The first-order valence-electron chi connectivity index (χ1n) is 13.0. The minimum atomic E-state index is -0.515. The van der Waals surface area contributed by atoms with Gasteiger partial charge < -0.3 is 35.1 Å². The molecule has 2 atom stereocenters. The van der Waals surface area contributed by atoms with E-state index < -0.39 is 11.7 Å². The van der Waals surface area contributed by atoms with E-state index in [2.05, 4.69) is 25.8 Å². The van der Waals surface area contributed by atoms with Gasteiger partial charge in [-0.05, 0) is 63.6 Å². The Bertz CT molecular complexity index is 1020. The Labute approximate surface area is 218 Å². The minimum Gasteiger partial charge on any atom is -0.497 e. The van der Waals surface area contributed by atoms with Crippen LogP contribution in [0.25, 0.3) is 0 Å². The van der Waals surface area contributed by atoms with Gasteiger partial charge in [-0.25, -0.2) is 4.79 Å². The van der Waals surface area contributed by atoms with E-state index in [1.807, 2.05) is 45.0 Å². The van der Waals surface area contributed by atoms with Crippen LogP contribution in [0.2, 0.25) is 0 Å². The molecule has 3 heterocycles. The van der Waals surface area contributed by atoms with Crippen molar-refractivity contribution in [2.45, 2.75) is 58.3 Å². The van der Waals surface area contributed by atoms with Gasteiger partial charge in [0.1, 0.15) is 11.4 Å². The summed E-state index contributed by atoms with van der Waals surface area (Å²) in [6, 6.07) is 7.88. The van der Waals surface area contributed by atoms with E-state index in [9.17, 15) is 4.79 Å². The Morgan fingerprint density at radius 1 is 1.08 bits per heavy atom. The molecule has 3 N–H and O–H groups in total. The zero-order chi connectivity index (χ0) is 26.3. The van der Waals surface area contributed by atoms with Crippen molar-refractivity contribution < 1.29 is 19.0 Å². The number of alkyl carbamates (subject to hydrolysis) is 1. The molecule has 1 aromatic carbocycles. The van der Waals surface area contributed by atoms with Crippen LogP contribution < -0.4 is 25.6 Å². The van der Waals surface area contributed by atoms with E-state index in [0.717, 1.165) is 50.3 Å². The molecule has 1 unspecified atom stereocenters. The number of ether oxygens (including phenoxy) is 3. The van der Waals surface area contributed by atoms with Crippen molar-refractivity contribution in [2.24, 2.45) is 5.92 Å². The van der Waals surface area contributed by atoms with Crippen LogP contribution in [0.1, 0.15) is 45.6 Å². The van der Waals surface area contributed by atoms with Crippen molar-refractivity contribution in [2.75, 3.05) is 55.4 Å². The molecule has 202 valence electrons. The molecule has 4 rings (SSSR count). The lowest BCUT2D eigenvalue weighted by molar-refractivity contribution is 0.0520. The maximum absolute atomic E-state index is 12.0. The fourth-order valence-electron chi connectivity index (χ4n) is 4.32. The molecule has 2 aliphatic heterocycles. The first-order chi connectivity index (χ1) is 17.8. The van der Waals surface area contributed by atoms with E-state index in [1.165, 1.54) is 0 Å². The number of carbonyl (C=O) groups is 1. The maximum Gasteiger partial charge on any atom is 0.407 e. The number of methoxy groups -OCH3 is 1. The second-order valence-electron chi connectivity index (χ2n) is 10.5. The largest absolute Gasteiger partial charge is 0.497 e. The summed E-state index contributed by atoms with van der Waals surface area (Å²) in [7, 11) is 1.65. The standard InChI is InChI=1S/C26H39N7O4/c1-26(2,3)37-25(34)29-15-19-11-12-33(17-19)24-31-22(27-14-18-7-9-20(35-4)10-8-18)30-23(32-24)28-16-21-6-5-13-36-21/h7-10,19,21H,5-6,11-17H2,1-4H3,(H,29,34)(H2,27,28,30,31,32)/t19-,21?/m1/s1. The van der Waals surface area contributed by atoms with E-state index in [0.29, 0.717) is 37.5 Å². The van der Waals surface area contributed by atoms with Crippen molar-refractivity contribution in [3.05, 3.63) is 29.8 Å². The molecular weight excluding hydrogens is 474 g/mol. The number of aromatic nitrogens is 3. The Kier molecular flexibility index (Phi) is 8.86. The lowest BCUT2D eigenvalue weighted by Crippen LogP contribution is -2.36. The number of nitrogens with one attached hydrogen (secondary N) is 3. The van der Waals surface area contributed by atoms with Gasteiger partial charge >= 0.3 is 6.09 Å². The number of benzene rings is 1. The van der Waals surface area contributed by atoms with Crippen molar-refractivity contribution >= 4 is 23.9 Å². The summed E-state index contributed by atoms with van der Waals surface area (Å²) >= 11 is 0. The smallest absolute Gasteiger partial charge is 0.407 e. The van der Waals surface area contributed by atoms with Gasteiger partial charge in [-0.2, -0.15) is 15.0 Å². The molecule has 0 saturated carbocycles. The summed E-state index contributed by atoms with van der Waals surface area (Å²) in [6.45, 7) is 9.68. The predicted molar refractivity (Wildman–Crippen MR) is 142 cm³/mol. The molecule has 0 radical (unpaired) electrons. The molecule has 0 spiro atoms. The van der Waals surface area contributed by atoms with Gasteiger partial charge in [0.15, 0.2) is 0 Å². The number of amides is 1. The summed E-state index contributed by atoms with van der Waals surface area (Å²) in [4.78, 5) is 28.2. The fraction of sp³-hybridized carbons (Fsp3) is 0.615. The average molecular weight is 514 g/mol. The first-order valence-corrected chi connectivity index (χ1v) is 13.0. The molecule has 1 amide bonds. The normalized spacial score (nSPS) is 19.5. The van der Waals surface area contributed by atoms with Gasteiger partial charge in [0.05, 0.1) is 13.2 Å². The zero-order valence-corrected chi connectivity index (χ0v) is 22.2. The molecule has 2 aliphatic rings. The van der Waals surface area contributed by atoms with Crippen LogP contribution in [0.4, 0.5) is 22.6 Å². The first kappa shape index (κ1) is 26.7. The SMILES string of the molecule is COc1ccc(CNc2nc(NCC3CCCO3)nc(N3CC[C@H](CNC(=O)OC(C)(C)C)C3)n2)cc1. The van der Waals surface area contributed by atoms with Gasteiger partial charge in [0.25, 0.3) is 0 Å². The number of nitrogens with zero attached hydrogens (tertiary/aromatic N) is 4. The highest BCUT2D eigenvalue weighted by molar-refractivity contribution is 5.67. The molecule has 2 aromatic rings. The number of carbonyl (C=O) groups excluding carboxylic acids is 1. The third-order valence-electron chi connectivity index (χ3n) is 6.25. The van der Waals surface area contributed by atoms with Crippen LogP contribution in [0, 0.1) is 5.92 Å². The van der Waals surface area contributed by atoms with Crippen LogP contribution in [-0.2, 0) is 16.0 Å². The molecule has 37 heavy (non-hydrogen) atoms. The summed E-state index contributed by atoms with van der Waals surface area (Å²) < 4.78 is 16.3. The number of hydrogen-bond acceptors (Lipinski definition) is 10. The van der Waals surface area contributed by atoms with Crippen LogP contribution in [0.15, 0.2) is 24.3 Å². The monoisotopic (exact) mass is 513 g/mol. The number of rotatable bonds is 10. The topological polar surface area (TPSA) is 123 Å². The third kappa shape index (κ3) is 8.34. The molecular formula is C26H39N7O4. The molecule has 0 aliphatic carbocycles. The fourth-order valence-corrected chi connectivity index (χ4v) is 4.32. The molecule has 11 heteroatoms. The molecule has 2 saturated heterocycles. The third-order valence-corrected chi connectivity index (χ3v) is 6.25. The lowest BCUT2D eigenvalue weighted by Gasteiger charge is -2.21. The molecule has 0 bridgehead atoms. The molecule has 2 fully saturated rings. The van der Waals surface area contributed by atoms with E-state index in [1.54, 1.807) is 7.11 Å². The Morgan fingerprint density at radius 3 is 2.51 bits per heavy atom. The molecule has 1 aromatic heterocycles. The van der Waals surface area contributed by atoms with Gasteiger partial charge in [-0.15, -0.1) is 0 Å². The predicted octanol–water partition coefficient (Wildman–Crippen LogP) is 3.43. The summed E-state index contributed by atoms with van der Waals surface area (Å²) in [5, 5.41) is 9.55. The Morgan fingerprint density at radius 2 is 1.84 bits per heavy atom.